The minimum absolute atomic E-state index is 0.0285. The third kappa shape index (κ3) is 2.02. The van der Waals surface area contributed by atoms with Gasteiger partial charge in [-0.1, -0.05) is 5.16 Å². The zero-order chi connectivity index (χ0) is 13.3. The summed E-state index contributed by atoms with van der Waals surface area (Å²) in [5.74, 6) is -1.09. The number of benzene rings is 1. The van der Waals surface area contributed by atoms with E-state index in [0.717, 1.165) is 0 Å². The second-order valence-corrected chi connectivity index (χ2v) is 4.15. The van der Waals surface area contributed by atoms with Crippen molar-refractivity contribution in [2.24, 2.45) is 5.16 Å². The molecule has 0 bridgehead atoms. The van der Waals surface area contributed by atoms with Crippen LogP contribution in [-0.4, -0.2) is 27.3 Å². The number of aliphatic carboxylic acids is 1. The molecule has 0 radical (unpaired) electrons. The third-order valence-electron chi connectivity index (χ3n) is 2.73. The Morgan fingerprint density at radius 3 is 2.56 bits per heavy atom. The minimum Gasteiger partial charge on any atom is -0.478 e. The fourth-order valence-electron chi connectivity index (χ4n) is 1.58. The van der Waals surface area contributed by atoms with Crippen molar-refractivity contribution in [3.05, 3.63) is 39.9 Å². The predicted molar refractivity (Wildman–Crippen MR) is 61.4 cm³/mol. The summed E-state index contributed by atoms with van der Waals surface area (Å²) in [7, 11) is 0. The van der Waals surface area contributed by atoms with Gasteiger partial charge in [-0.25, -0.2) is 4.79 Å². The van der Waals surface area contributed by atoms with E-state index in [0.29, 0.717) is 11.3 Å². The number of carboxylic acids is 1. The number of nitro groups is 1. The molecule has 0 saturated carbocycles. The summed E-state index contributed by atoms with van der Waals surface area (Å²) in [6.45, 7) is 1.43. The molecule has 0 spiro atoms. The highest BCUT2D eigenvalue weighted by Gasteiger charge is 2.42. The van der Waals surface area contributed by atoms with Crippen LogP contribution in [0.15, 0.2) is 29.4 Å². The van der Waals surface area contributed by atoms with E-state index in [9.17, 15) is 14.9 Å². The van der Waals surface area contributed by atoms with Crippen LogP contribution in [0.25, 0.3) is 0 Å². The van der Waals surface area contributed by atoms with E-state index in [1.807, 2.05) is 0 Å². The van der Waals surface area contributed by atoms with E-state index in [2.05, 4.69) is 5.16 Å². The topological polar surface area (TPSA) is 102 Å². The molecule has 1 aromatic rings. The Morgan fingerprint density at radius 2 is 2.11 bits per heavy atom. The number of non-ortho nitro benzene ring substituents is 1. The van der Waals surface area contributed by atoms with E-state index in [4.69, 9.17) is 9.94 Å². The average Bonchev–Trinajstić information content (AvgIpc) is 2.73. The number of carboxylic acid groups (broad SMARTS) is 1. The highest BCUT2D eigenvalue weighted by atomic mass is 16.7. The number of nitrogens with zero attached hydrogens (tertiary/aromatic N) is 2. The van der Waals surface area contributed by atoms with Gasteiger partial charge >= 0.3 is 5.97 Å². The Balaban J connectivity index is 2.20. The first-order valence-corrected chi connectivity index (χ1v) is 5.16. The van der Waals surface area contributed by atoms with Crippen LogP contribution in [0.1, 0.15) is 18.9 Å². The highest BCUT2D eigenvalue weighted by molar-refractivity contribution is 6.04. The lowest BCUT2D eigenvalue weighted by molar-refractivity contribution is -0.384. The van der Waals surface area contributed by atoms with Crippen molar-refractivity contribution in [1.29, 1.82) is 0 Å². The van der Waals surface area contributed by atoms with Gasteiger partial charge in [0.2, 0.25) is 5.60 Å². The molecule has 1 atom stereocenters. The number of rotatable bonds is 3. The summed E-state index contributed by atoms with van der Waals surface area (Å²) in [4.78, 5) is 25.9. The van der Waals surface area contributed by atoms with Gasteiger partial charge in [0.1, 0.15) is 0 Å². The Bertz CT molecular complexity index is 537. The van der Waals surface area contributed by atoms with E-state index in [-0.39, 0.29) is 12.1 Å². The molecular formula is C11H10N2O5. The maximum absolute atomic E-state index is 11.0. The standard InChI is InChI=1S/C11H10N2O5/c1-11(10(14)15)6-9(12-18-11)7-2-4-8(5-3-7)13(16)17/h2-5H,6H2,1H3,(H,14,15). The van der Waals surface area contributed by atoms with Crippen LogP contribution in [0.4, 0.5) is 5.69 Å². The van der Waals surface area contributed by atoms with Gasteiger partial charge in [-0.3, -0.25) is 10.1 Å². The molecule has 1 aromatic carbocycles. The Morgan fingerprint density at radius 1 is 1.50 bits per heavy atom. The number of hydrogen-bond donors (Lipinski definition) is 1. The molecule has 2 rings (SSSR count). The quantitative estimate of drug-likeness (QED) is 0.647. The number of carbonyl (C=O) groups is 1. The molecule has 7 heteroatoms. The first-order chi connectivity index (χ1) is 8.42. The van der Waals surface area contributed by atoms with Crippen LogP contribution in [0.3, 0.4) is 0 Å². The van der Waals surface area contributed by atoms with Crippen LogP contribution in [0.2, 0.25) is 0 Å². The second kappa shape index (κ2) is 4.10. The molecule has 94 valence electrons. The molecule has 1 aliphatic rings. The third-order valence-corrected chi connectivity index (χ3v) is 2.73. The first-order valence-electron chi connectivity index (χ1n) is 5.16. The molecule has 0 aromatic heterocycles. The smallest absolute Gasteiger partial charge is 0.351 e. The summed E-state index contributed by atoms with van der Waals surface area (Å²) in [6.07, 6.45) is 0.125. The Kier molecular flexibility index (Phi) is 2.74. The summed E-state index contributed by atoms with van der Waals surface area (Å²) < 4.78 is 0. The summed E-state index contributed by atoms with van der Waals surface area (Å²) in [5.41, 5.74) is -0.309. The molecule has 0 amide bonds. The van der Waals surface area contributed by atoms with Crippen molar-refractivity contribution < 1.29 is 19.7 Å². The zero-order valence-electron chi connectivity index (χ0n) is 9.49. The van der Waals surface area contributed by atoms with Crippen LogP contribution >= 0.6 is 0 Å². The van der Waals surface area contributed by atoms with Crippen molar-refractivity contribution in [2.75, 3.05) is 0 Å². The molecule has 18 heavy (non-hydrogen) atoms. The van der Waals surface area contributed by atoms with Crippen molar-refractivity contribution >= 4 is 17.4 Å². The van der Waals surface area contributed by atoms with E-state index >= 15 is 0 Å². The first kappa shape index (κ1) is 12.0. The van der Waals surface area contributed by atoms with Gasteiger partial charge in [-0.05, 0) is 24.6 Å². The maximum atomic E-state index is 11.0. The van der Waals surface area contributed by atoms with Gasteiger partial charge in [0.25, 0.3) is 5.69 Å². The number of oxime groups is 1. The van der Waals surface area contributed by atoms with Crippen molar-refractivity contribution in [1.82, 2.24) is 0 Å². The molecule has 1 heterocycles. The monoisotopic (exact) mass is 250 g/mol. The van der Waals surface area contributed by atoms with Crippen molar-refractivity contribution in [3.63, 3.8) is 0 Å². The van der Waals surface area contributed by atoms with Crippen molar-refractivity contribution in [2.45, 2.75) is 18.9 Å². The minimum atomic E-state index is -1.36. The molecule has 0 aliphatic carbocycles. The summed E-state index contributed by atoms with van der Waals surface area (Å²) in [5, 5.41) is 23.2. The second-order valence-electron chi connectivity index (χ2n) is 4.15. The van der Waals surface area contributed by atoms with E-state index in [1.54, 1.807) is 0 Å². The highest BCUT2D eigenvalue weighted by Crippen LogP contribution is 2.27. The van der Waals surface area contributed by atoms with Crippen LogP contribution in [-0.2, 0) is 9.63 Å². The fourth-order valence-corrected chi connectivity index (χ4v) is 1.58. The van der Waals surface area contributed by atoms with E-state index < -0.39 is 16.5 Å². The lowest BCUT2D eigenvalue weighted by Crippen LogP contribution is -2.35. The summed E-state index contributed by atoms with van der Waals surface area (Å²) in [6, 6.07) is 5.73. The van der Waals surface area contributed by atoms with Gasteiger partial charge in [-0.15, -0.1) is 0 Å². The SMILES string of the molecule is CC1(C(=O)O)CC(c2ccc([N+](=O)[O-])cc2)=NO1. The molecule has 1 unspecified atom stereocenters. The van der Waals surface area contributed by atoms with E-state index in [1.165, 1.54) is 31.2 Å². The lowest BCUT2D eigenvalue weighted by atomic mass is 9.96. The lowest BCUT2D eigenvalue weighted by Gasteiger charge is -2.14. The number of hydrogen-bond acceptors (Lipinski definition) is 5. The van der Waals surface area contributed by atoms with Gasteiger partial charge in [0.05, 0.1) is 10.6 Å². The molecule has 0 saturated heterocycles. The normalized spacial score (nSPS) is 22.2. The van der Waals surface area contributed by atoms with Crippen molar-refractivity contribution in [3.8, 4) is 0 Å². The van der Waals surface area contributed by atoms with Gasteiger partial charge in [-0.2, -0.15) is 0 Å². The fraction of sp³-hybridized carbons (Fsp3) is 0.273. The van der Waals surface area contributed by atoms with Crippen LogP contribution < -0.4 is 0 Å². The molecule has 0 fully saturated rings. The maximum Gasteiger partial charge on any atom is 0.351 e. The zero-order valence-corrected chi connectivity index (χ0v) is 9.49. The average molecular weight is 250 g/mol. The largest absolute Gasteiger partial charge is 0.478 e. The van der Waals surface area contributed by atoms with Crippen LogP contribution in [0.5, 0.6) is 0 Å². The molecule has 7 nitrogen and oxygen atoms in total. The molecule has 1 N–H and O–H groups in total. The molecular weight excluding hydrogens is 240 g/mol. The Labute approximate surface area is 102 Å². The predicted octanol–water partition coefficient (Wildman–Crippen LogP) is 1.56. The summed E-state index contributed by atoms with van der Waals surface area (Å²) >= 11 is 0. The van der Waals surface area contributed by atoms with Gasteiger partial charge in [0, 0.05) is 18.6 Å². The van der Waals surface area contributed by atoms with Crippen LogP contribution in [0, 0.1) is 10.1 Å². The molecule has 1 aliphatic heterocycles. The Hall–Kier alpha value is -2.44. The van der Waals surface area contributed by atoms with Gasteiger partial charge < -0.3 is 9.94 Å². The van der Waals surface area contributed by atoms with Gasteiger partial charge in [0.15, 0.2) is 0 Å². The number of nitro benzene ring substituents is 1.